The van der Waals surface area contributed by atoms with Crippen LogP contribution in [0, 0.1) is 6.92 Å². The molecule has 118 valence electrons. The zero-order valence-corrected chi connectivity index (χ0v) is 13.0. The monoisotopic (exact) mass is 310 g/mol. The van der Waals surface area contributed by atoms with Gasteiger partial charge in [-0.15, -0.1) is 0 Å². The molecule has 1 aliphatic rings. The van der Waals surface area contributed by atoms with Gasteiger partial charge < -0.3 is 14.0 Å². The topological polar surface area (TPSA) is 64.2 Å². The van der Waals surface area contributed by atoms with Gasteiger partial charge in [-0.1, -0.05) is 17.3 Å². The Labute approximate surface area is 133 Å². The molecule has 0 atom stereocenters. The Morgan fingerprint density at radius 3 is 2.78 bits per heavy atom. The number of carbonyl (C=O) groups is 1. The lowest BCUT2D eigenvalue weighted by molar-refractivity contribution is 0.0685. The molecule has 0 saturated carbocycles. The Kier molecular flexibility index (Phi) is 3.37. The summed E-state index contributed by atoms with van der Waals surface area (Å²) < 4.78 is 7.23. The summed E-state index contributed by atoms with van der Waals surface area (Å²) in [5.74, 6) is 0.615. The van der Waals surface area contributed by atoms with E-state index in [-0.39, 0.29) is 5.91 Å². The molecule has 0 radical (unpaired) electrons. The van der Waals surface area contributed by atoms with E-state index < -0.39 is 0 Å². The molecule has 23 heavy (non-hydrogen) atoms. The third-order valence-electron chi connectivity index (χ3n) is 4.47. The predicted octanol–water partition coefficient (Wildman–Crippen LogP) is 2.81. The number of rotatable bonds is 2. The average molecular weight is 310 g/mol. The van der Waals surface area contributed by atoms with Gasteiger partial charge in [0.15, 0.2) is 5.69 Å². The molecule has 0 unspecified atom stereocenters. The minimum atomic E-state index is -0.0456. The van der Waals surface area contributed by atoms with Gasteiger partial charge in [-0.25, -0.2) is 4.98 Å². The van der Waals surface area contributed by atoms with Crippen LogP contribution in [-0.4, -0.2) is 38.6 Å². The quantitative estimate of drug-likeness (QED) is 0.730. The van der Waals surface area contributed by atoms with E-state index >= 15 is 0 Å². The van der Waals surface area contributed by atoms with Crippen molar-refractivity contribution < 1.29 is 9.32 Å². The summed E-state index contributed by atoms with van der Waals surface area (Å²) in [5, 5.41) is 3.82. The maximum Gasteiger partial charge on any atom is 0.276 e. The number of aryl methyl sites for hydroxylation is 1. The molecule has 1 amide bonds. The second-order valence-corrected chi connectivity index (χ2v) is 5.99. The van der Waals surface area contributed by atoms with Gasteiger partial charge in [-0.05, 0) is 31.9 Å². The first kappa shape index (κ1) is 14.0. The number of hydrogen-bond acceptors (Lipinski definition) is 4. The molecule has 1 saturated heterocycles. The van der Waals surface area contributed by atoms with E-state index in [1.807, 2.05) is 29.4 Å². The van der Waals surface area contributed by atoms with Gasteiger partial charge in [0.2, 0.25) is 0 Å². The van der Waals surface area contributed by atoms with Crippen molar-refractivity contribution in [3.8, 4) is 0 Å². The number of hydrogen-bond donors (Lipinski definition) is 0. The Morgan fingerprint density at radius 1 is 1.26 bits per heavy atom. The molecule has 4 rings (SSSR count). The highest BCUT2D eigenvalue weighted by atomic mass is 16.5. The highest BCUT2D eigenvalue weighted by Crippen LogP contribution is 2.27. The third kappa shape index (κ3) is 2.50. The lowest BCUT2D eigenvalue weighted by atomic mass is 10.0. The second kappa shape index (κ2) is 5.53. The molecule has 0 N–H and O–H groups in total. The number of likely N-dealkylation sites (tertiary alicyclic amines) is 1. The van der Waals surface area contributed by atoms with E-state index in [9.17, 15) is 4.79 Å². The largest absolute Gasteiger partial charge is 0.361 e. The molecule has 3 aromatic rings. The van der Waals surface area contributed by atoms with Crippen molar-refractivity contribution in [2.24, 2.45) is 0 Å². The van der Waals surface area contributed by atoms with E-state index in [0.29, 0.717) is 17.5 Å². The summed E-state index contributed by atoms with van der Waals surface area (Å²) in [7, 11) is 0. The van der Waals surface area contributed by atoms with E-state index in [0.717, 1.165) is 37.0 Å². The first-order chi connectivity index (χ1) is 11.2. The number of nitrogens with zero attached hydrogens (tertiary/aromatic N) is 4. The van der Waals surface area contributed by atoms with E-state index in [4.69, 9.17) is 4.52 Å². The number of fused-ring (bicyclic) bond motifs is 1. The summed E-state index contributed by atoms with van der Waals surface area (Å²) in [5.41, 5.74) is 2.57. The summed E-state index contributed by atoms with van der Waals surface area (Å²) >= 11 is 0. The van der Waals surface area contributed by atoms with Crippen LogP contribution in [0.15, 0.2) is 41.2 Å². The molecule has 2 aromatic heterocycles. The summed E-state index contributed by atoms with van der Waals surface area (Å²) in [4.78, 5) is 18.7. The van der Waals surface area contributed by atoms with Gasteiger partial charge in [-0.3, -0.25) is 4.79 Å². The van der Waals surface area contributed by atoms with Gasteiger partial charge in [0.05, 0.1) is 17.4 Å². The van der Waals surface area contributed by atoms with Crippen LogP contribution >= 0.6 is 0 Å². The van der Waals surface area contributed by atoms with E-state index in [1.54, 1.807) is 13.0 Å². The van der Waals surface area contributed by atoms with Crippen molar-refractivity contribution in [1.29, 1.82) is 0 Å². The van der Waals surface area contributed by atoms with E-state index in [2.05, 4.69) is 20.8 Å². The van der Waals surface area contributed by atoms with Crippen LogP contribution in [0.3, 0.4) is 0 Å². The van der Waals surface area contributed by atoms with Crippen LogP contribution in [0.1, 0.15) is 35.1 Å². The normalized spacial score (nSPS) is 16.1. The molecule has 0 spiro atoms. The fourth-order valence-corrected chi connectivity index (χ4v) is 3.25. The van der Waals surface area contributed by atoms with Gasteiger partial charge in [0.25, 0.3) is 5.91 Å². The Hall–Kier alpha value is -2.63. The van der Waals surface area contributed by atoms with Crippen molar-refractivity contribution in [2.75, 3.05) is 13.1 Å². The van der Waals surface area contributed by atoms with Crippen LogP contribution < -0.4 is 0 Å². The highest BCUT2D eigenvalue weighted by molar-refractivity contribution is 5.92. The molecular weight excluding hydrogens is 292 g/mol. The van der Waals surface area contributed by atoms with Crippen molar-refractivity contribution in [3.05, 3.63) is 48.1 Å². The van der Waals surface area contributed by atoms with Crippen molar-refractivity contribution >= 4 is 16.9 Å². The van der Waals surface area contributed by atoms with Crippen LogP contribution in [0.2, 0.25) is 0 Å². The lowest BCUT2D eigenvalue weighted by Crippen LogP contribution is -2.39. The number of benzene rings is 1. The summed E-state index contributed by atoms with van der Waals surface area (Å²) in [6.07, 6.45) is 3.75. The van der Waals surface area contributed by atoms with Gasteiger partial charge in [-0.2, -0.15) is 0 Å². The molecule has 6 heteroatoms. The van der Waals surface area contributed by atoms with Crippen molar-refractivity contribution in [2.45, 2.75) is 25.8 Å². The van der Waals surface area contributed by atoms with Gasteiger partial charge >= 0.3 is 0 Å². The average Bonchev–Trinajstić information content (AvgIpc) is 3.21. The molecule has 1 aliphatic heterocycles. The third-order valence-corrected chi connectivity index (χ3v) is 4.47. The molecular formula is C17H18N4O2. The van der Waals surface area contributed by atoms with Crippen molar-refractivity contribution in [1.82, 2.24) is 19.6 Å². The minimum Gasteiger partial charge on any atom is -0.361 e. The SMILES string of the molecule is Cc1cc(C(=O)N2CCC(n3cnc4ccccc43)CC2)no1. The molecule has 1 aromatic carbocycles. The molecule has 0 bridgehead atoms. The zero-order chi connectivity index (χ0) is 15.8. The predicted molar refractivity (Wildman–Crippen MR) is 85.1 cm³/mol. The standard InChI is InChI=1S/C17H18N4O2/c1-12-10-15(19-23-12)17(22)20-8-6-13(7-9-20)21-11-18-14-4-2-3-5-16(14)21/h2-5,10-11,13H,6-9H2,1H3. The number of carbonyl (C=O) groups excluding carboxylic acids is 1. The summed E-state index contributed by atoms with van der Waals surface area (Å²) in [6, 6.07) is 10.2. The summed E-state index contributed by atoms with van der Waals surface area (Å²) in [6.45, 7) is 3.24. The van der Waals surface area contributed by atoms with Crippen LogP contribution in [0.4, 0.5) is 0 Å². The van der Waals surface area contributed by atoms with E-state index in [1.165, 1.54) is 0 Å². The smallest absolute Gasteiger partial charge is 0.276 e. The van der Waals surface area contributed by atoms with Gasteiger partial charge in [0, 0.05) is 25.2 Å². The maximum atomic E-state index is 12.4. The zero-order valence-electron chi connectivity index (χ0n) is 13.0. The molecule has 0 aliphatic carbocycles. The first-order valence-electron chi connectivity index (χ1n) is 7.86. The van der Waals surface area contributed by atoms with Gasteiger partial charge in [0.1, 0.15) is 5.76 Å². The second-order valence-electron chi connectivity index (χ2n) is 5.99. The number of piperidine rings is 1. The molecule has 3 heterocycles. The van der Waals surface area contributed by atoms with Crippen LogP contribution in [-0.2, 0) is 0 Å². The Bertz CT molecular complexity index is 843. The first-order valence-corrected chi connectivity index (χ1v) is 7.86. The number of amides is 1. The Morgan fingerprint density at radius 2 is 2.04 bits per heavy atom. The lowest BCUT2D eigenvalue weighted by Gasteiger charge is -2.32. The fraction of sp³-hybridized carbons (Fsp3) is 0.353. The maximum absolute atomic E-state index is 12.4. The van der Waals surface area contributed by atoms with Crippen LogP contribution in [0.25, 0.3) is 11.0 Å². The molecule has 6 nitrogen and oxygen atoms in total. The fourth-order valence-electron chi connectivity index (χ4n) is 3.25. The minimum absolute atomic E-state index is 0.0456. The Balaban J connectivity index is 1.48. The number of aromatic nitrogens is 3. The van der Waals surface area contributed by atoms with Crippen molar-refractivity contribution in [3.63, 3.8) is 0 Å². The number of para-hydroxylation sites is 2. The highest BCUT2D eigenvalue weighted by Gasteiger charge is 2.26. The van der Waals surface area contributed by atoms with Crippen LogP contribution in [0.5, 0.6) is 0 Å². The molecule has 1 fully saturated rings. The number of imidazole rings is 1.